The van der Waals surface area contributed by atoms with Gasteiger partial charge in [-0.05, 0) is 32.0 Å². The maximum atomic E-state index is 12.7. The maximum Gasteiger partial charge on any atom is 0.255 e. The van der Waals surface area contributed by atoms with Crippen molar-refractivity contribution in [2.24, 2.45) is 0 Å². The summed E-state index contributed by atoms with van der Waals surface area (Å²) in [5.41, 5.74) is 3.99. The number of pyridine rings is 1. The summed E-state index contributed by atoms with van der Waals surface area (Å²) in [5, 5.41) is 0. The zero-order valence-electron chi connectivity index (χ0n) is 13.1. The molecule has 0 radical (unpaired) electrons. The van der Waals surface area contributed by atoms with Crippen LogP contribution < -0.4 is 0 Å². The van der Waals surface area contributed by atoms with Gasteiger partial charge in [0.05, 0.1) is 17.8 Å². The maximum absolute atomic E-state index is 12.7. The van der Waals surface area contributed by atoms with Crippen molar-refractivity contribution in [2.45, 2.75) is 20.4 Å². The second-order valence-corrected chi connectivity index (χ2v) is 6.82. The first-order valence-corrected chi connectivity index (χ1v) is 8.76. The molecule has 1 fully saturated rings. The Hall–Kier alpha value is -1.75. The average Bonchev–Trinajstić information content (AvgIpc) is 2.84. The minimum absolute atomic E-state index is 0.167. The lowest BCUT2D eigenvalue weighted by atomic mass is 10.2. The first-order chi connectivity index (χ1) is 10.7. The standard InChI is InChI=1S/C17H21N3OS/c1-13-11-16(17(21)19-7-9-22-10-8-19)14(2)20(13)12-15-5-3-4-6-18-15/h3-6,11H,7-10,12H2,1-2H3. The Bertz CT molecular complexity index is 660. The predicted octanol–water partition coefficient (Wildman–Crippen LogP) is 2.74. The summed E-state index contributed by atoms with van der Waals surface area (Å²) in [6, 6.07) is 7.95. The predicted molar refractivity (Wildman–Crippen MR) is 90.5 cm³/mol. The van der Waals surface area contributed by atoms with E-state index >= 15 is 0 Å². The van der Waals surface area contributed by atoms with Gasteiger partial charge in [0.15, 0.2) is 0 Å². The van der Waals surface area contributed by atoms with Gasteiger partial charge in [-0.2, -0.15) is 11.8 Å². The van der Waals surface area contributed by atoms with Crippen LogP contribution in [0.3, 0.4) is 0 Å². The minimum Gasteiger partial charge on any atom is -0.342 e. The minimum atomic E-state index is 0.167. The van der Waals surface area contributed by atoms with Crippen LogP contribution in [0.1, 0.15) is 27.4 Å². The molecule has 0 bridgehead atoms. The van der Waals surface area contributed by atoms with Crippen LogP contribution in [0.2, 0.25) is 0 Å². The molecule has 2 aromatic heterocycles. The van der Waals surface area contributed by atoms with E-state index in [0.717, 1.165) is 47.2 Å². The van der Waals surface area contributed by atoms with Crippen molar-refractivity contribution in [2.75, 3.05) is 24.6 Å². The summed E-state index contributed by atoms with van der Waals surface area (Å²) in [6.45, 7) is 6.50. The number of nitrogens with zero attached hydrogens (tertiary/aromatic N) is 3. The molecule has 0 spiro atoms. The zero-order valence-corrected chi connectivity index (χ0v) is 13.9. The summed E-state index contributed by atoms with van der Waals surface area (Å²) < 4.78 is 2.17. The van der Waals surface area contributed by atoms with Crippen LogP contribution in [0, 0.1) is 13.8 Å². The molecule has 5 heteroatoms. The van der Waals surface area contributed by atoms with Gasteiger partial charge in [-0.3, -0.25) is 9.78 Å². The molecule has 4 nitrogen and oxygen atoms in total. The SMILES string of the molecule is Cc1cc(C(=O)N2CCSCC2)c(C)n1Cc1ccccn1. The highest BCUT2D eigenvalue weighted by atomic mass is 32.2. The number of aryl methyl sites for hydroxylation is 1. The smallest absolute Gasteiger partial charge is 0.255 e. The summed E-state index contributed by atoms with van der Waals surface area (Å²) in [7, 11) is 0. The normalized spacial score (nSPS) is 15.1. The van der Waals surface area contributed by atoms with Crippen LogP contribution in [0.5, 0.6) is 0 Å². The van der Waals surface area contributed by atoms with E-state index in [1.54, 1.807) is 6.20 Å². The number of thioether (sulfide) groups is 1. The van der Waals surface area contributed by atoms with Crippen LogP contribution in [-0.4, -0.2) is 45.0 Å². The van der Waals surface area contributed by atoms with Gasteiger partial charge in [0.25, 0.3) is 5.91 Å². The van der Waals surface area contributed by atoms with Crippen LogP contribution >= 0.6 is 11.8 Å². The Balaban J connectivity index is 1.84. The number of carbonyl (C=O) groups is 1. The molecule has 22 heavy (non-hydrogen) atoms. The lowest BCUT2D eigenvalue weighted by Gasteiger charge is -2.26. The van der Waals surface area contributed by atoms with Crippen molar-refractivity contribution in [3.63, 3.8) is 0 Å². The highest BCUT2D eigenvalue weighted by Crippen LogP contribution is 2.20. The van der Waals surface area contributed by atoms with Gasteiger partial charge in [-0.15, -0.1) is 0 Å². The van der Waals surface area contributed by atoms with E-state index in [1.807, 2.05) is 47.9 Å². The Morgan fingerprint density at radius 2 is 2.05 bits per heavy atom. The van der Waals surface area contributed by atoms with Crippen molar-refractivity contribution < 1.29 is 4.79 Å². The van der Waals surface area contributed by atoms with E-state index in [2.05, 4.69) is 16.5 Å². The van der Waals surface area contributed by atoms with Gasteiger partial charge in [0.2, 0.25) is 0 Å². The molecule has 2 aromatic rings. The van der Waals surface area contributed by atoms with Gasteiger partial charge in [-0.25, -0.2) is 0 Å². The van der Waals surface area contributed by atoms with Crippen LogP contribution in [0.15, 0.2) is 30.5 Å². The van der Waals surface area contributed by atoms with E-state index < -0.39 is 0 Å². The quantitative estimate of drug-likeness (QED) is 0.874. The van der Waals surface area contributed by atoms with Crippen LogP contribution in [0.4, 0.5) is 0 Å². The van der Waals surface area contributed by atoms with Gasteiger partial charge in [0.1, 0.15) is 0 Å². The van der Waals surface area contributed by atoms with Gasteiger partial charge >= 0.3 is 0 Å². The lowest BCUT2D eigenvalue weighted by Crippen LogP contribution is -2.38. The molecule has 0 saturated carbocycles. The Morgan fingerprint density at radius 3 is 2.73 bits per heavy atom. The highest BCUT2D eigenvalue weighted by Gasteiger charge is 2.22. The van der Waals surface area contributed by atoms with Crippen LogP contribution in [-0.2, 0) is 6.54 Å². The van der Waals surface area contributed by atoms with Crippen molar-refractivity contribution in [3.8, 4) is 0 Å². The number of hydrogen-bond acceptors (Lipinski definition) is 3. The van der Waals surface area contributed by atoms with Crippen molar-refractivity contribution in [1.82, 2.24) is 14.5 Å². The van der Waals surface area contributed by atoms with Crippen molar-refractivity contribution in [1.29, 1.82) is 0 Å². The van der Waals surface area contributed by atoms with E-state index in [9.17, 15) is 4.79 Å². The second-order valence-electron chi connectivity index (χ2n) is 5.60. The fourth-order valence-electron chi connectivity index (χ4n) is 2.85. The molecule has 0 atom stereocenters. The van der Waals surface area contributed by atoms with E-state index in [1.165, 1.54) is 0 Å². The third-order valence-corrected chi connectivity index (χ3v) is 5.09. The molecular weight excluding hydrogens is 294 g/mol. The highest BCUT2D eigenvalue weighted by molar-refractivity contribution is 7.99. The molecule has 0 unspecified atom stereocenters. The molecule has 1 aliphatic rings. The second kappa shape index (κ2) is 6.57. The molecule has 3 heterocycles. The number of amides is 1. The average molecular weight is 315 g/mol. The fourth-order valence-corrected chi connectivity index (χ4v) is 3.75. The molecule has 1 amide bonds. The van der Waals surface area contributed by atoms with Gasteiger partial charge < -0.3 is 9.47 Å². The Kier molecular flexibility index (Phi) is 4.52. The topological polar surface area (TPSA) is 38.1 Å². The summed E-state index contributed by atoms with van der Waals surface area (Å²) in [5.74, 6) is 2.25. The third-order valence-electron chi connectivity index (χ3n) is 4.15. The summed E-state index contributed by atoms with van der Waals surface area (Å²) in [4.78, 5) is 19.1. The number of rotatable bonds is 3. The van der Waals surface area contributed by atoms with Crippen molar-refractivity contribution in [3.05, 3.63) is 53.1 Å². The Morgan fingerprint density at radius 1 is 1.27 bits per heavy atom. The van der Waals surface area contributed by atoms with Gasteiger partial charge in [-0.1, -0.05) is 6.07 Å². The fraction of sp³-hybridized carbons (Fsp3) is 0.412. The van der Waals surface area contributed by atoms with E-state index in [0.29, 0.717) is 6.54 Å². The molecule has 0 aliphatic carbocycles. The largest absolute Gasteiger partial charge is 0.342 e. The zero-order chi connectivity index (χ0) is 15.5. The summed E-state index contributed by atoms with van der Waals surface area (Å²) >= 11 is 1.92. The first kappa shape index (κ1) is 15.2. The Labute approximate surface area is 135 Å². The molecule has 1 saturated heterocycles. The molecule has 116 valence electrons. The number of aromatic nitrogens is 2. The van der Waals surface area contributed by atoms with E-state index in [4.69, 9.17) is 0 Å². The van der Waals surface area contributed by atoms with E-state index in [-0.39, 0.29) is 5.91 Å². The van der Waals surface area contributed by atoms with Gasteiger partial charge in [0, 0.05) is 42.2 Å². The van der Waals surface area contributed by atoms with Crippen LogP contribution in [0.25, 0.3) is 0 Å². The number of carbonyl (C=O) groups excluding carboxylic acids is 1. The molecule has 1 aliphatic heterocycles. The molecule has 0 N–H and O–H groups in total. The molecular formula is C17H21N3OS. The lowest BCUT2D eigenvalue weighted by molar-refractivity contribution is 0.0771. The molecule has 3 rings (SSSR count). The number of hydrogen-bond donors (Lipinski definition) is 0. The van der Waals surface area contributed by atoms with Crippen molar-refractivity contribution >= 4 is 17.7 Å². The summed E-state index contributed by atoms with van der Waals surface area (Å²) in [6.07, 6.45) is 1.81. The monoisotopic (exact) mass is 315 g/mol. The third kappa shape index (κ3) is 3.04. The molecule has 0 aromatic carbocycles. The first-order valence-electron chi connectivity index (χ1n) is 7.60.